The first-order valence-electron chi connectivity index (χ1n) is 16.3. The van der Waals surface area contributed by atoms with E-state index in [9.17, 15) is 13.6 Å². The highest BCUT2D eigenvalue weighted by Crippen LogP contribution is 2.34. The number of hydrogen-bond donors (Lipinski definition) is 0. The summed E-state index contributed by atoms with van der Waals surface area (Å²) in [6.45, 7) is 2.53. The zero-order valence-corrected chi connectivity index (χ0v) is 25.6. The molecule has 232 valence electrons. The Balaban J connectivity index is 1.19. The zero-order chi connectivity index (χ0) is 30.3. The van der Waals surface area contributed by atoms with Crippen molar-refractivity contribution in [3.63, 3.8) is 0 Å². The Kier molecular flexibility index (Phi) is 13.4. The maximum atomic E-state index is 14.7. The second kappa shape index (κ2) is 17.7. The third kappa shape index (κ3) is 11.0. The third-order valence-electron chi connectivity index (χ3n) is 8.08. The maximum Gasteiger partial charge on any atom is 0.346 e. The smallest absolute Gasteiger partial charge is 0.346 e. The number of nitrogens with zero attached hydrogens (tertiary/aromatic N) is 2. The highest BCUT2D eigenvalue weighted by atomic mass is 19.2. The Hall–Kier alpha value is -3.35. The fourth-order valence-electron chi connectivity index (χ4n) is 5.21. The maximum absolute atomic E-state index is 14.7. The van der Waals surface area contributed by atoms with E-state index in [1.807, 2.05) is 12.4 Å². The average Bonchev–Trinajstić information content (AvgIpc) is 3.85. The summed E-state index contributed by atoms with van der Waals surface area (Å²) in [7, 11) is 0. The molecular weight excluding hydrogens is 546 g/mol. The number of aryl methyl sites for hydroxylation is 1. The van der Waals surface area contributed by atoms with Gasteiger partial charge in [0.05, 0.1) is 12.2 Å². The minimum atomic E-state index is -1.27. The first kappa shape index (κ1) is 32.6. The monoisotopic (exact) mass is 592 g/mol. The van der Waals surface area contributed by atoms with Gasteiger partial charge in [0, 0.05) is 18.0 Å². The van der Waals surface area contributed by atoms with Crippen molar-refractivity contribution in [1.82, 2.24) is 9.97 Å². The molecule has 1 aliphatic rings. The van der Waals surface area contributed by atoms with Crippen molar-refractivity contribution in [2.45, 2.75) is 110 Å². The molecule has 0 bridgehead atoms. The first-order chi connectivity index (χ1) is 21.0. The lowest BCUT2D eigenvalue weighted by molar-refractivity contribution is 0.0728. The second-order valence-corrected chi connectivity index (χ2v) is 11.8. The van der Waals surface area contributed by atoms with Gasteiger partial charge in [0.1, 0.15) is 5.75 Å². The van der Waals surface area contributed by atoms with Crippen molar-refractivity contribution >= 4 is 5.97 Å². The molecule has 7 heteroatoms. The fourth-order valence-corrected chi connectivity index (χ4v) is 5.21. The summed E-state index contributed by atoms with van der Waals surface area (Å²) in [5, 5.41) is 0. The molecule has 1 fully saturated rings. The summed E-state index contributed by atoms with van der Waals surface area (Å²) >= 11 is 0. The van der Waals surface area contributed by atoms with Crippen LogP contribution in [-0.2, 0) is 6.42 Å². The number of ether oxygens (including phenoxy) is 2. The number of hydrogen-bond acceptors (Lipinski definition) is 5. The van der Waals surface area contributed by atoms with Gasteiger partial charge in [-0.25, -0.2) is 19.2 Å². The molecule has 0 unspecified atom stereocenters. The van der Waals surface area contributed by atoms with Gasteiger partial charge in [-0.15, -0.1) is 0 Å². The van der Waals surface area contributed by atoms with Crippen molar-refractivity contribution in [2.24, 2.45) is 5.92 Å². The van der Waals surface area contributed by atoms with Crippen molar-refractivity contribution < 1.29 is 23.0 Å². The molecule has 1 aromatic heterocycles. The topological polar surface area (TPSA) is 61.3 Å². The van der Waals surface area contributed by atoms with Crippen LogP contribution in [0.25, 0.3) is 11.4 Å². The van der Waals surface area contributed by atoms with E-state index in [4.69, 9.17) is 9.47 Å². The predicted octanol–water partition coefficient (Wildman–Crippen LogP) is 10.1. The van der Waals surface area contributed by atoms with Gasteiger partial charge in [-0.05, 0) is 67.1 Å². The molecule has 43 heavy (non-hydrogen) atoms. The Morgan fingerprint density at radius 3 is 2.14 bits per heavy atom. The molecular formula is C36H46F2N2O3. The Morgan fingerprint density at radius 1 is 0.791 bits per heavy atom. The number of unbranched alkanes of at least 4 members (excludes halogenated alkanes) is 10. The van der Waals surface area contributed by atoms with E-state index >= 15 is 0 Å². The van der Waals surface area contributed by atoms with Gasteiger partial charge in [-0.1, -0.05) is 90.4 Å². The van der Waals surface area contributed by atoms with Gasteiger partial charge in [-0.2, -0.15) is 4.39 Å². The number of rotatable bonds is 20. The Bertz CT molecular complexity index is 1260. The molecule has 5 nitrogen and oxygen atoms in total. The molecule has 1 heterocycles. The van der Waals surface area contributed by atoms with E-state index in [0.29, 0.717) is 12.4 Å². The van der Waals surface area contributed by atoms with Crippen LogP contribution in [0.2, 0.25) is 0 Å². The van der Waals surface area contributed by atoms with Crippen LogP contribution in [0, 0.1) is 17.6 Å². The number of aromatic nitrogens is 2. The number of benzene rings is 2. The molecule has 1 saturated carbocycles. The standard InChI is InChI=1S/C36H46F2N2O3/c1-2-3-4-5-8-12-15-28-25-39-35(40-26-28)29-18-20-30(21-19-29)43-36(41)31-22-23-32(34(38)33(31)37)42-24-13-10-7-6-9-11-14-27-16-17-27/h18-23,25-27H,2-17,24H2,1H3. The molecule has 0 radical (unpaired) electrons. The van der Waals surface area contributed by atoms with Crippen LogP contribution in [0.4, 0.5) is 8.78 Å². The lowest BCUT2D eigenvalue weighted by Gasteiger charge is -2.10. The summed E-state index contributed by atoms with van der Waals surface area (Å²) in [4.78, 5) is 21.6. The summed E-state index contributed by atoms with van der Waals surface area (Å²) in [5.74, 6) is -1.86. The molecule has 2 aromatic carbocycles. The van der Waals surface area contributed by atoms with Crippen molar-refractivity contribution in [2.75, 3.05) is 6.61 Å². The predicted molar refractivity (Wildman–Crippen MR) is 166 cm³/mol. The molecule has 0 saturated heterocycles. The lowest BCUT2D eigenvalue weighted by atomic mass is 10.1. The van der Waals surface area contributed by atoms with E-state index in [0.717, 1.165) is 49.1 Å². The molecule has 1 aliphatic carbocycles. The summed E-state index contributed by atoms with van der Waals surface area (Å²) in [6.07, 6.45) is 23.0. The Labute approximate surface area is 255 Å². The molecule has 0 N–H and O–H groups in total. The quantitative estimate of drug-likeness (QED) is 0.0742. The highest BCUT2D eigenvalue weighted by molar-refractivity contribution is 5.91. The van der Waals surface area contributed by atoms with Crippen molar-refractivity contribution in [3.05, 3.63) is 71.6 Å². The molecule has 0 amide bonds. The summed E-state index contributed by atoms with van der Waals surface area (Å²) in [6, 6.07) is 9.11. The highest BCUT2D eigenvalue weighted by Gasteiger charge is 2.22. The van der Waals surface area contributed by atoms with Crippen LogP contribution in [0.3, 0.4) is 0 Å². The summed E-state index contributed by atoms with van der Waals surface area (Å²) in [5.41, 5.74) is 1.39. The minimum absolute atomic E-state index is 0.194. The van der Waals surface area contributed by atoms with Crippen molar-refractivity contribution in [1.29, 1.82) is 0 Å². The van der Waals surface area contributed by atoms with Gasteiger partial charge < -0.3 is 9.47 Å². The first-order valence-corrected chi connectivity index (χ1v) is 16.3. The lowest BCUT2D eigenvalue weighted by Crippen LogP contribution is -2.12. The average molecular weight is 593 g/mol. The minimum Gasteiger partial charge on any atom is -0.490 e. The summed E-state index contributed by atoms with van der Waals surface area (Å²) < 4.78 is 40.1. The van der Waals surface area contributed by atoms with Gasteiger partial charge in [-0.3, -0.25) is 0 Å². The second-order valence-electron chi connectivity index (χ2n) is 11.8. The van der Waals surface area contributed by atoms with Crippen LogP contribution in [0.1, 0.15) is 119 Å². The largest absolute Gasteiger partial charge is 0.490 e. The Morgan fingerprint density at radius 2 is 1.44 bits per heavy atom. The van der Waals surface area contributed by atoms with E-state index in [2.05, 4.69) is 16.9 Å². The van der Waals surface area contributed by atoms with Crippen LogP contribution < -0.4 is 9.47 Å². The molecule has 4 rings (SSSR count). The van der Waals surface area contributed by atoms with Gasteiger partial charge in [0.25, 0.3) is 0 Å². The third-order valence-corrected chi connectivity index (χ3v) is 8.08. The van der Waals surface area contributed by atoms with Gasteiger partial charge in [0.15, 0.2) is 17.4 Å². The molecule has 0 aliphatic heterocycles. The molecule has 3 aromatic rings. The zero-order valence-electron chi connectivity index (χ0n) is 25.6. The molecule has 0 spiro atoms. The van der Waals surface area contributed by atoms with E-state index in [1.54, 1.807) is 24.3 Å². The van der Waals surface area contributed by atoms with E-state index in [-0.39, 0.29) is 11.5 Å². The van der Waals surface area contributed by atoms with E-state index < -0.39 is 23.2 Å². The van der Waals surface area contributed by atoms with Crippen LogP contribution >= 0.6 is 0 Å². The van der Waals surface area contributed by atoms with Gasteiger partial charge >= 0.3 is 5.97 Å². The number of carbonyl (C=O) groups is 1. The van der Waals surface area contributed by atoms with Crippen LogP contribution in [0.15, 0.2) is 48.8 Å². The number of halogens is 2. The fraction of sp³-hybridized carbons (Fsp3) is 0.528. The SMILES string of the molecule is CCCCCCCCc1cnc(-c2ccc(OC(=O)c3ccc(OCCCCCCCCC4CC4)c(F)c3F)cc2)nc1. The van der Waals surface area contributed by atoms with Crippen molar-refractivity contribution in [3.8, 4) is 22.9 Å². The van der Waals surface area contributed by atoms with Crippen LogP contribution in [0.5, 0.6) is 11.5 Å². The van der Waals surface area contributed by atoms with Crippen LogP contribution in [-0.4, -0.2) is 22.5 Å². The molecule has 0 atom stereocenters. The number of carbonyl (C=O) groups excluding carboxylic acids is 1. The van der Waals surface area contributed by atoms with Gasteiger partial charge in [0.2, 0.25) is 5.82 Å². The van der Waals surface area contributed by atoms with E-state index in [1.165, 1.54) is 82.8 Å². The normalized spacial score (nSPS) is 12.8. The number of esters is 1.